The number of hydrogen-bond donors (Lipinski definition) is 2. The molecule has 2 aromatic rings. The van der Waals surface area contributed by atoms with Crippen LogP contribution in [-0.2, 0) is 4.79 Å². The highest BCUT2D eigenvalue weighted by Gasteiger charge is 2.29. The zero-order valence-corrected chi connectivity index (χ0v) is 22.1. The summed E-state index contributed by atoms with van der Waals surface area (Å²) < 4.78 is 1.78. The van der Waals surface area contributed by atoms with Crippen molar-refractivity contribution >= 4 is 23.5 Å². The SMILES string of the molecule is Cc1nc(NC2CCN(C(=O)N[C@H]3CCN(C(=O)/C=C/CN(C)C)C3)CC2)n2ncc(C(C)C)c2n1. The summed E-state index contributed by atoms with van der Waals surface area (Å²) in [5.41, 5.74) is 1.95. The van der Waals surface area contributed by atoms with Crippen LogP contribution in [0.3, 0.4) is 0 Å². The maximum atomic E-state index is 12.9. The van der Waals surface area contributed by atoms with Crippen molar-refractivity contribution in [3.63, 3.8) is 0 Å². The highest BCUT2D eigenvalue weighted by Crippen LogP contribution is 2.22. The fraction of sp³-hybridized carbons (Fsp3) is 0.640. The van der Waals surface area contributed by atoms with Gasteiger partial charge in [-0.25, -0.2) is 9.78 Å². The quantitative estimate of drug-likeness (QED) is 0.562. The van der Waals surface area contributed by atoms with Crippen LogP contribution in [0.15, 0.2) is 18.3 Å². The average molecular weight is 498 g/mol. The Morgan fingerprint density at radius 2 is 1.81 bits per heavy atom. The number of carbonyl (C=O) groups excluding carboxylic acids is 2. The van der Waals surface area contributed by atoms with E-state index in [0.717, 1.165) is 37.0 Å². The van der Waals surface area contributed by atoms with Gasteiger partial charge in [-0.15, -0.1) is 0 Å². The van der Waals surface area contributed by atoms with Crippen molar-refractivity contribution in [3.8, 4) is 0 Å². The molecular weight excluding hydrogens is 458 g/mol. The summed E-state index contributed by atoms with van der Waals surface area (Å²) in [6, 6.07) is 0.142. The van der Waals surface area contributed by atoms with Crippen molar-refractivity contribution in [1.82, 2.24) is 39.6 Å². The van der Waals surface area contributed by atoms with Crippen LogP contribution >= 0.6 is 0 Å². The molecule has 2 saturated heterocycles. The molecule has 2 aromatic heterocycles. The molecule has 2 N–H and O–H groups in total. The minimum Gasteiger partial charge on any atom is -0.351 e. The highest BCUT2D eigenvalue weighted by atomic mass is 16.2. The number of urea groups is 1. The lowest BCUT2D eigenvalue weighted by Gasteiger charge is -2.33. The first-order valence-corrected chi connectivity index (χ1v) is 12.9. The number of amides is 3. The van der Waals surface area contributed by atoms with Crippen LogP contribution in [0.4, 0.5) is 10.7 Å². The number of rotatable bonds is 7. The lowest BCUT2D eigenvalue weighted by molar-refractivity contribution is -0.125. The molecule has 0 saturated carbocycles. The van der Waals surface area contributed by atoms with Gasteiger partial charge >= 0.3 is 6.03 Å². The molecule has 1 atom stereocenters. The molecule has 3 amide bonds. The number of fused-ring (bicyclic) bond motifs is 1. The summed E-state index contributed by atoms with van der Waals surface area (Å²) in [6.45, 7) is 9.44. The van der Waals surface area contributed by atoms with Crippen LogP contribution in [0.1, 0.15) is 50.4 Å². The van der Waals surface area contributed by atoms with Gasteiger partial charge < -0.3 is 25.3 Å². The fourth-order valence-corrected chi connectivity index (χ4v) is 4.72. The molecule has 11 nitrogen and oxygen atoms in total. The Kier molecular flexibility index (Phi) is 8.07. The largest absolute Gasteiger partial charge is 0.351 e. The van der Waals surface area contributed by atoms with Gasteiger partial charge in [-0.2, -0.15) is 14.6 Å². The molecule has 2 aliphatic heterocycles. The number of nitrogens with zero attached hydrogens (tertiary/aromatic N) is 7. The Morgan fingerprint density at radius 3 is 2.50 bits per heavy atom. The summed E-state index contributed by atoms with van der Waals surface area (Å²) in [5, 5.41) is 11.2. The third kappa shape index (κ3) is 6.13. The number of aryl methyl sites for hydroxylation is 1. The first kappa shape index (κ1) is 25.9. The number of aromatic nitrogens is 4. The lowest BCUT2D eigenvalue weighted by Crippen LogP contribution is -2.50. The van der Waals surface area contributed by atoms with Crippen LogP contribution in [0.2, 0.25) is 0 Å². The predicted molar refractivity (Wildman–Crippen MR) is 139 cm³/mol. The smallest absolute Gasteiger partial charge is 0.317 e. The van der Waals surface area contributed by atoms with Crippen LogP contribution in [0.5, 0.6) is 0 Å². The molecule has 0 bridgehead atoms. The van der Waals surface area contributed by atoms with E-state index in [2.05, 4.69) is 39.5 Å². The Hall–Kier alpha value is -3.21. The molecule has 0 aromatic carbocycles. The molecule has 0 radical (unpaired) electrons. The van der Waals surface area contributed by atoms with E-state index in [-0.39, 0.29) is 24.0 Å². The number of likely N-dealkylation sites (N-methyl/N-ethyl adjacent to an activating group) is 1. The summed E-state index contributed by atoms with van der Waals surface area (Å²) in [6.07, 6.45) is 7.79. The van der Waals surface area contributed by atoms with E-state index in [1.807, 2.05) is 43.1 Å². The van der Waals surface area contributed by atoms with Crippen molar-refractivity contribution in [2.75, 3.05) is 52.1 Å². The Labute approximate surface area is 212 Å². The van der Waals surface area contributed by atoms with E-state index in [9.17, 15) is 9.59 Å². The summed E-state index contributed by atoms with van der Waals surface area (Å²) in [4.78, 5) is 40.1. The topological polar surface area (TPSA) is 111 Å². The van der Waals surface area contributed by atoms with E-state index in [1.54, 1.807) is 15.5 Å². The van der Waals surface area contributed by atoms with Gasteiger partial charge in [-0.05, 0) is 46.2 Å². The van der Waals surface area contributed by atoms with Crippen molar-refractivity contribution in [2.45, 2.75) is 58.0 Å². The molecule has 0 unspecified atom stereocenters. The Morgan fingerprint density at radius 1 is 1.11 bits per heavy atom. The van der Waals surface area contributed by atoms with Gasteiger partial charge in [0.05, 0.1) is 6.20 Å². The summed E-state index contributed by atoms with van der Waals surface area (Å²) in [5.74, 6) is 1.74. The van der Waals surface area contributed by atoms with Crippen LogP contribution in [0.25, 0.3) is 5.65 Å². The zero-order chi connectivity index (χ0) is 25.8. The Bertz CT molecular complexity index is 1100. The number of carbonyl (C=O) groups is 2. The second-order valence-corrected chi connectivity index (χ2v) is 10.4. The van der Waals surface area contributed by atoms with Crippen molar-refractivity contribution in [1.29, 1.82) is 0 Å². The summed E-state index contributed by atoms with van der Waals surface area (Å²) >= 11 is 0. The first-order valence-electron chi connectivity index (χ1n) is 12.9. The molecule has 4 rings (SSSR count). The van der Waals surface area contributed by atoms with E-state index in [1.165, 1.54) is 0 Å². The molecule has 11 heteroatoms. The molecule has 36 heavy (non-hydrogen) atoms. The maximum absolute atomic E-state index is 12.9. The van der Waals surface area contributed by atoms with Gasteiger partial charge in [0.2, 0.25) is 11.9 Å². The number of likely N-dealkylation sites (tertiary alicyclic amines) is 2. The highest BCUT2D eigenvalue weighted by molar-refractivity contribution is 5.88. The maximum Gasteiger partial charge on any atom is 0.317 e. The number of nitrogens with one attached hydrogen (secondary N) is 2. The first-order chi connectivity index (χ1) is 17.2. The average Bonchev–Trinajstić information content (AvgIpc) is 3.46. The predicted octanol–water partition coefficient (Wildman–Crippen LogP) is 1.86. The van der Waals surface area contributed by atoms with Crippen molar-refractivity contribution in [3.05, 3.63) is 29.7 Å². The van der Waals surface area contributed by atoms with Gasteiger partial charge in [0, 0.05) is 56.4 Å². The van der Waals surface area contributed by atoms with E-state index < -0.39 is 0 Å². The van der Waals surface area contributed by atoms with Gasteiger partial charge in [0.1, 0.15) is 5.82 Å². The van der Waals surface area contributed by atoms with Gasteiger partial charge in [0.25, 0.3) is 0 Å². The minimum atomic E-state index is -0.0511. The fourth-order valence-electron chi connectivity index (χ4n) is 4.72. The molecule has 2 aliphatic rings. The number of hydrogen-bond acceptors (Lipinski definition) is 7. The van der Waals surface area contributed by atoms with Gasteiger partial charge in [-0.3, -0.25) is 4.79 Å². The van der Waals surface area contributed by atoms with E-state index in [0.29, 0.717) is 43.9 Å². The van der Waals surface area contributed by atoms with Crippen LogP contribution in [0, 0.1) is 6.92 Å². The van der Waals surface area contributed by atoms with E-state index >= 15 is 0 Å². The standard InChI is InChI=1S/C25H39N9O2/c1-17(2)21-15-26-34-23(21)27-18(3)28-24(34)29-19-8-12-32(13-9-19)25(36)30-20-10-14-33(16-20)22(35)7-6-11-31(4)5/h6-7,15,17,19-20H,8-14,16H2,1-5H3,(H,30,36)(H,27,28,29)/b7-6+/t20-/m0/s1. The third-order valence-corrected chi connectivity index (χ3v) is 6.80. The lowest BCUT2D eigenvalue weighted by atomic mass is 10.1. The summed E-state index contributed by atoms with van der Waals surface area (Å²) in [7, 11) is 3.93. The molecule has 196 valence electrons. The number of piperidine rings is 1. The van der Waals surface area contributed by atoms with Crippen LogP contribution in [-0.4, -0.2) is 105 Å². The van der Waals surface area contributed by atoms with Gasteiger partial charge in [0.15, 0.2) is 5.65 Å². The molecule has 0 aliphatic carbocycles. The second kappa shape index (κ2) is 11.2. The third-order valence-electron chi connectivity index (χ3n) is 6.80. The van der Waals surface area contributed by atoms with Crippen molar-refractivity contribution in [2.24, 2.45) is 0 Å². The zero-order valence-electron chi connectivity index (χ0n) is 22.1. The van der Waals surface area contributed by atoms with Gasteiger partial charge in [-0.1, -0.05) is 19.9 Å². The second-order valence-electron chi connectivity index (χ2n) is 10.4. The normalized spacial score (nSPS) is 19.2. The monoisotopic (exact) mass is 497 g/mol. The molecule has 4 heterocycles. The minimum absolute atomic E-state index is 0.00671. The Balaban J connectivity index is 1.26. The number of anilines is 1. The molecule has 0 spiro atoms. The van der Waals surface area contributed by atoms with Crippen molar-refractivity contribution < 1.29 is 9.59 Å². The molecule has 2 fully saturated rings. The van der Waals surface area contributed by atoms with E-state index in [4.69, 9.17) is 0 Å². The van der Waals surface area contributed by atoms with Crippen LogP contribution < -0.4 is 10.6 Å². The molecular formula is C25H39N9O2.